The fraction of sp³-hybridized carbons (Fsp3) is 0.0714. The maximum Gasteiger partial charge on any atom is 0.259 e. The minimum Gasteiger partial charge on any atom is -0.494 e. The Balaban J connectivity index is 2.31. The van der Waals surface area contributed by atoms with Crippen LogP contribution in [0, 0.1) is 11.6 Å². The Labute approximate surface area is 114 Å². The van der Waals surface area contributed by atoms with Crippen LogP contribution >= 0.6 is 0 Å². The van der Waals surface area contributed by atoms with E-state index in [1.165, 1.54) is 13.2 Å². The van der Waals surface area contributed by atoms with Crippen molar-refractivity contribution in [1.82, 2.24) is 0 Å². The minimum atomic E-state index is -0.778. The molecule has 0 fully saturated rings. The number of para-hydroxylation sites is 1. The first-order valence-electron chi connectivity index (χ1n) is 5.71. The van der Waals surface area contributed by atoms with E-state index in [0.29, 0.717) is 5.69 Å². The van der Waals surface area contributed by atoms with Crippen LogP contribution < -0.4 is 15.8 Å². The van der Waals surface area contributed by atoms with Crippen LogP contribution in [0.1, 0.15) is 10.4 Å². The van der Waals surface area contributed by atoms with Crippen LogP contribution in [0.15, 0.2) is 36.4 Å². The van der Waals surface area contributed by atoms with Crippen molar-refractivity contribution in [3.8, 4) is 5.75 Å². The fourth-order valence-electron chi connectivity index (χ4n) is 1.79. The molecule has 4 nitrogen and oxygen atoms in total. The molecule has 2 aromatic rings. The minimum absolute atomic E-state index is 0.0111. The normalized spacial score (nSPS) is 10.2. The molecular formula is C14H12F2N2O2. The van der Waals surface area contributed by atoms with E-state index in [2.05, 4.69) is 5.32 Å². The predicted octanol–water partition coefficient (Wildman–Crippen LogP) is 2.81. The second-order valence-electron chi connectivity index (χ2n) is 4.04. The number of nitrogen functional groups attached to an aromatic ring is 1. The van der Waals surface area contributed by atoms with Gasteiger partial charge in [0.05, 0.1) is 18.4 Å². The molecule has 0 aromatic heterocycles. The number of methoxy groups -OCH3 is 1. The highest BCUT2D eigenvalue weighted by atomic mass is 19.1. The zero-order chi connectivity index (χ0) is 14.7. The molecule has 0 aliphatic heterocycles. The zero-order valence-corrected chi connectivity index (χ0v) is 10.6. The number of nitrogens with two attached hydrogens (primary N) is 1. The lowest BCUT2D eigenvalue weighted by atomic mass is 10.1. The lowest BCUT2D eigenvalue weighted by Gasteiger charge is -2.11. The largest absolute Gasteiger partial charge is 0.494 e. The number of rotatable bonds is 3. The van der Waals surface area contributed by atoms with E-state index >= 15 is 0 Å². The highest BCUT2D eigenvalue weighted by Crippen LogP contribution is 2.26. The van der Waals surface area contributed by atoms with Gasteiger partial charge in [-0.05, 0) is 24.3 Å². The molecule has 2 rings (SSSR count). The Hall–Kier alpha value is -2.63. The van der Waals surface area contributed by atoms with Gasteiger partial charge in [-0.3, -0.25) is 4.79 Å². The summed E-state index contributed by atoms with van der Waals surface area (Å²) >= 11 is 0. The number of ether oxygens (including phenoxy) is 1. The summed E-state index contributed by atoms with van der Waals surface area (Å²) in [6.45, 7) is 0. The SMILES string of the molecule is COc1c(N)cccc1C(=O)Nc1cc(F)cc(F)c1. The summed E-state index contributed by atoms with van der Waals surface area (Å²) in [7, 11) is 1.38. The third kappa shape index (κ3) is 2.85. The second-order valence-corrected chi connectivity index (χ2v) is 4.04. The molecule has 0 aliphatic rings. The number of carbonyl (C=O) groups is 1. The van der Waals surface area contributed by atoms with Gasteiger partial charge in [-0.15, -0.1) is 0 Å². The van der Waals surface area contributed by atoms with Crippen LogP contribution in [0.3, 0.4) is 0 Å². The van der Waals surface area contributed by atoms with Crippen LogP contribution in [0.4, 0.5) is 20.2 Å². The van der Waals surface area contributed by atoms with E-state index in [-0.39, 0.29) is 17.0 Å². The molecule has 2 aromatic carbocycles. The van der Waals surface area contributed by atoms with Gasteiger partial charge in [0.1, 0.15) is 11.6 Å². The Morgan fingerprint density at radius 3 is 2.45 bits per heavy atom. The summed E-state index contributed by atoms with van der Waals surface area (Å²) < 4.78 is 31.2. The molecule has 0 unspecified atom stereocenters. The van der Waals surface area contributed by atoms with Gasteiger partial charge in [0, 0.05) is 11.8 Å². The van der Waals surface area contributed by atoms with Gasteiger partial charge >= 0.3 is 0 Å². The summed E-state index contributed by atoms with van der Waals surface area (Å²) in [5, 5.41) is 2.39. The topological polar surface area (TPSA) is 64.3 Å². The van der Waals surface area contributed by atoms with Gasteiger partial charge in [0.15, 0.2) is 5.75 Å². The summed E-state index contributed by atoms with van der Waals surface area (Å²) in [5.41, 5.74) is 6.17. The fourth-order valence-corrected chi connectivity index (χ4v) is 1.79. The van der Waals surface area contributed by atoms with Crippen LogP contribution in [0.2, 0.25) is 0 Å². The van der Waals surface area contributed by atoms with Gasteiger partial charge in [-0.25, -0.2) is 8.78 Å². The Kier molecular flexibility index (Phi) is 3.84. The third-order valence-electron chi connectivity index (χ3n) is 2.61. The van der Waals surface area contributed by atoms with Crippen LogP contribution in [-0.4, -0.2) is 13.0 Å². The molecule has 0 bridgehead atoms. The average Bonchev–Trinajstić information content (AvgIpc) is 2.37. The molecule has 0 aliphatic carbocycles. The van der Waals surface area contributed by atoms with Crippen molar-refractivity contribution in [2.75, 3.05) is 18.2 Å². The molecule has 3 N–H and O–H groups in total. The number of carbonyl (C=O) groups excluding carboxylic acids is 1. The number of amides is 1. The smallest absolute Gasteiger partial charge is 0.259 e. The lowest BCUT2D eigenvalue weighted by Crippen LogP contribution is -2.14. The molecule has 104 valence electrons. The lowest BCUT2D eigenvalue weighted by molar-refractivity contribution is 0.102. The predicted molar refractivity (Wildman–Crippen MR) is 71.7 cm³/mol. The molecule has 6 heteroatoms. The van der Waals surface area contributed by atoms with Crippen molar-refractivity contribution < 1.29 is 18.3 Å². The first-order chi connectivity index (χ1) is 9.51. The molecule has 0 spiro atoms. The molecule has 0 saturated carbocycles. The monoisotopic (exact) mass is 278 g/mol. The van der Waals surface area contributed by atoms with Crippen molar-refractivity contribution in [3.63, 3.8) is 0 Å². The van der Waals surface area contributed by atoms with Crippen molar-refractivity contribution >= 4 is 17.3 Å². The third-order valence-corrected chi connectivity index (χ3v) is 2.61. The Morgan fingerprint density at radius 1 is 1.20 bits per heavy atom. The van der Waals surface area contributed by atoms with E-state index in [1.807, 2.05) is 0 Å². The maximum atomic E-state index is 13.1. The van der Waals surface area contributed by atoms with Gasteiger partial charge < -0.3 is 15.8 Å². The second kappa shape index (κ2) is 5.56. The average molecular weight is 278 g/mol. The highest BCUT2D eigenvalue weighted by molar-refractivity contribution is 6.07. The first kappa shape index (κ1) is 13.8. The van der Waals surface area contributed by atoms with E-state index in [0.717, 1.165) is 18.2 Å². The number of hydrogen-bond acceptors (Lipinski definition) is 3. The number of nitrogens with one attached hydrogen (secondary N) is 1. The van der Waals surface area contributed by atoms with Crippen molar-refractivity contribution in [2.24, 2.45) is 0 Å². The van der Waals surface area contributed by atoms with Crippen LogP contribution in [0.25, 0.3) is 0 Å². The molecular weight excluding hydrogens is 266 g/mol. The highest BCUT2D eigenvalue weighted by Gasteiger charge is 2.15. The van der Waals surface area contributed by atoms with E-state index in [1.54, 1.807) is 12.1 Å². The van der Waals surface area contributed by atoms with E-state index in [9.17, 15) is 13.6 Å². The summed E-state index contributed by atoms with van der Waals surface area (Å²) in [6.07, 6.45) is 0. The van der Waals surface area contributed by atoms with E-state index < -0.39 is 17.5 Å². The standard InChI is InChI=1S/C14H12F2N2O2/c1-20-13-11(3-2-4-12(13)17)14(19)18-10-6-8(15)5-9(16)7-10/h2-7H,17H2,1H3,(H,18,19). The van der Waals surface area contributed by atoms with Gasteiger partial charge in [0.25, 0.3) is 5.91 Å². The summed E-state index contributed by atoms with van der Waals surface area (Å²) in [6, 6.07) is 7.41. The summed E-state index contributed by atoms with van der Waals surface area (Å²) in [4.78, 5) is 12.1. The molecule has 0 atom stereocenters. The van der Waals surface area contributed by atoms with Crippen molar-refractivity contribution in [2.45, 2.75) is 0 Å². The van der Waals surface area contributed by atoms with Crippen molar-refractivity contribution in [1.29, 1.82) is 0 Å². The number of benzene rings is 2. The van der Waals surface area contributed by atoms with Gasteiger partial charge in [-0.1, -0.05) is 6.07 Å². The molecule has 0 saturated heterocycles. The van der Waals surface area contributed by atoms with Crippen LogP contribution in [-0.2, 0) is 0 Å². The van der Waals surface area contributed by atoms with Crippen LogP contribution in [0.5, 0.6) is 5.75 Å². The Bertz CT molecular complexity index is 639. The maximum absolute atomic E-state index is 13.1. The van der Waals surface area contributed by atoms with Gasteiger partial charge in [0.2, 0.25) is 0 Å². The quantitative estimate of drug-likeness (QED) is 0.848. The molecule has 0 heterocycles. The molecule has 20 heavy (non-hydrogen) atoms. The van der Waals surface area contributed by atoms with Gasteiger partial charge in [-0.2, -0.15) is 0 Å². The molecule has 1 amide bonds. The molecule has 0 radical (unpaired) electrons. The zero-order valence-electron chi connectivity index (χ0n) is 10.6. The Morgan fingerprint density at radius 2 is 1.85 bits per heavy atom. The first-order valence-corrected chi connectivity index (χ1v) is 5.71. The number of halogens is 2. The number of anilines is 2. The van der Waals surface area contributed by atoms with E-state index in [4.69, 9.17) is 10.5 Å². The summed E-state index contributed by atoms with van der Waals surface area (Å²) in [5.74, 6) is -1.92. The van der Waals surface area contributed by atoms with Crippen molar-refractivity contribution in [3.05, 3.63) is 53.6 Å². The number of hydrogen-bond donors (Lipinski definition) is 2.